The molecule has 0 bridgehead atoms. The van der Waals surface area contributed by atoms with Crippen molar-refractivity contribution >= 4 is 0 Å². The van der Waals surface area contributed by atoms with E-state index in [1.165, 1.54) is 7.11 Å². The van der Waals surface area contributed by atoms with Crippen LogP contribution in [0.5, 0.6) is 17.2 Å². The molecule has 1 heterocycles. The molecule has 5 heteroatoms. The minimum atomic E-state index is 0.159. The van der Waals surface area contributed by atoms with Crippen LogP contribution in [0.25, 0.3) is 0 Å². The zero-order valence-corrected chi connectivity index (χ0v) is 8.45. The van der Waals surface area contributed by atoms with Gasteiger partial charge in [0.25, 0.3) is 0 Å². The molecule has 0 saturated carbocycles. The van der Waals surface area contributed by atoms with Crippen LogP contribution in [0.2, 0.25) is 0 Å². The first kappa shape index (κ1) is 10.1. The van der Waals surface area contributed by atoms with Gasteiger partial charge < -0.3 is 19.4 Å². The zero-order chi connectivity index (χ0) is 10.7. The highest BCUT2D eigenvalue weighted by Gasteiger charge is 2.17. The molecule has 1 aromatic rings. The van der Waals surface area contributed by atoms with Gasteiger partial charge in [-0.25, -0.2) is 0 Å². The van der Waals surface area contributed by atoms with Crippen molar-refractivity contribution < 1.29 is 19.4 Å². The quantitative estimate of drug-likeness (QED) is 0.725. The van der Waals surface area contributed by atoms with Crippen LogP contribution in [0.1, 0.15) is 5.56 Å². The number of nitrogens with one attached hydrogen (secondary N) is 1. The predicted molar refractivity (Wildman–Crippen MR) is 52.9 cm³/mol. The number of ether oxygens (including phenoxy) is 2. The highest BCUT2D eigenvalue weighted by atomic mass is 16.6. The summed E-state index contributed by atoms with van der Waals surface area (Å²) in [5, 5.41) is 9.46. The molecular formula is C10H13NO4. The fourth-order valence-electron chi connectivity index (χ4n) is 1.49. The van der Waals surface area contributed by atoms with Crippen molar-refractivity contribution in [1.29, 1.82) is 0 Å². The van der Waals surface area contributed by atoms with Crippen LogP contribution in [-0.4, -0.2) is 25.4 Å². The lowest BCUT2D eigenvalue weighted by atomic mass is 10.1. The van der Waals surface area contributed by atoms with E-state index in [1.807, 2.05) is 0 Å². The molecular weight excluding hydrogens is 198 g/mol. The van der Waals surface area contributed by atoms with Crippen molar-refractivity contribution in [3.63, 3.8) is 0 Å². The summed E-state index contributed by atoms with van der Waals surface area (Å²) in [6, 6.07) is 3.17. The van der Waals surface area contributed by atoms with Gasteiger partial charge in [-0.1, -0.05) is 0 Å². The monoisotopic (exact) mass is 211 g/mol. The van der Waals surface area contributed by atoms with E-state index in [1.54, 1.807) is 12.1 Å². The minimum Gasteiger partial charge on any atom is -0.508 e. The average Bonchev–Trinajstić information content (AvgIpc) is 2.25. The number of aromatic hydroxyl groups is 1. The Labute approximate surface area is 87.5 Å². The number of hydroxylamine groups is 1. The van der Waals surface area contributed by atoms with Gasteiger partial charge in [0, 0.05) is 18.2 Å². The van der Waals surface area contributed by atoms with E-state index in [0.29, 0.717) is 31.3 Å². The van der Waals surface area contributed by atoms with E-state index in [2.05, 4.69) is 5.48 Å². The second kappa shape index (κ2) is 4.37. The van der Waals surface area contributed by atoms with Crippen molar-refractivity contribution in [2.45, 2.75) is 6.54 Å². The SMILES string of the molecule is CONCc1cc(O)cc2c1OCCO2. The lowest BCUT2D eigenvalue weighted by Crippen LogP contribution is -2.18. The van der Waals surface area contributed by atoms with Gasteiger partial charge in [-0.2, -0.15) is 5.48 Å². The van der Waals surface area contributed by atoms with Crippen LogP contribution in [0.3, 0.4) is 0 Å². The van der Waals surface area contributed by atoms with Crippen LogP contribution in [-0.2, 0) is 11.4 Å². The molecule has 0 saturated heterocycles. The van der Waals surface area contributed by atoms with Gasteiger partial charge in [0.05, 0.1) is 7.11 Å². The summed E-state index contributed by atoms with van der Waals surface area (Å²) in [6.45, 7) is 1.49. The van der Waals surface area contributed by atoms with Crippen molar-refractivity contribution in [2.24, 2.45) is 0 Å². The first-order chi connectivity index (χ1) is 7.31. The van der Waals surface area contributed by atoms with Gasteiger partial charge >= 0.3 is 0 Å². The van der Waals surface area contributed by atoms with Crippen LogP contribution >= 0.6 is 0 Å². The van der Waals surface area contributed by atoms with E-state index in [4.69, 9.17) is 14.3 Å². The molecule has 5 nitrogen and oxygen atoms in total. The highest BCUT2D eigenvalue weighted by molar-refractivity contribution is 5.52. The maximum absolute atomic E-state index is 9.46. The molecule has 2 rings (SSSR count). The molecule has 1 aliphatic rings. The van der Waals surface area contributed by atoms with Crippen molar-refractivity contribution in [3.8, 4) is 17.2 Å². The molecule has 0 unspecified atom stereocenters. The third-order valence-corrected chi connectivity index (χ3v) is 2.11. The van der Waals surface area contributed by atoms with E-state index in [0.717, 1.165) is 5.56 Å². The van der Waals surface area contributed by atoms with E-state index in [-0.39, 0.29) is 5.75 Å². The molecule has 0 aromatic heterocycles. The predicted octanol–water partition coefficient (Wildman–Crippen LogP) is 0.814. The molecule has 0 amide bonds. The maximum atomic E-state index is 9.46. The summed E-state index contributed by atoms with van der Waals surface area (Å²) in [5.41, 5.74) is 3.51. The normalized spacial score (nSPS) is 13.9. The van der Waals surface area contributed by atoms with Crippen LogP contribution in [0.4, 0.5) is 0 Å². The molecule has 0 spiro atoms. The van der Waals surface area contributed by atoms with Crippen LogP contribution in [0, 0.1) is 0 Å². The Morgan fingerprint density at radius 1 is 1.40 bits per heavy atom. The largest absolute Gasteiger partial charge is 0.508 e. The number of rotatable bonds is 3. The summed E-state index contributed by atoms with van der Waals surface area (Å²) >= 11 is 0. The Balaban J connectivity index is 2.30. The van der Waals surface area contributed by atoms with Gasteiger partial charge in [-0.15, -0.1) is 0 Å². The number of benzene rings is 1. The fourth-order valence-corrected chi connectivity index (χ4v) is 1.49. The van der Waals surface area contributed by atoms with E-state index in [9.17, 15) is 5.11 Å². The summed E-state index contributed by atoms with van der Waals surface area (Å²) in [5.74, 6) is 1.41. The van der Waals surface area contributed by atoms with Crippen molar-refractivity contribution in [1.82, 2.24) is 5.48 Å². The smallest absolute Gasteiger partial charge is 0.166 e. The molecule has 0 radical (unpaired) electrons. The second-order valence-electron chi connectivity index (χ2n) is 3.15. The van der Waals surface area contributed by atoms with Crippen LogP contribution in [0.15, 0.2) is 12.1 Å². The second-order valence-corrected chi connectivity index (χ2v) is 3.15. The Bertz CT molecular complexity index is 354. The molecule has 0 aliphatic carbocycles. The summed E-state index contributed by atoms with van der Waals surface area (Å²) in [7, 11) is 1.53. The summed E-state index contributed by atoms with van der Waals surface area (Å²) in [4.78, 5) is 4.75. The Morgan fingerprint density at radius 2 is 2.20 bits per heavy atom. The van der Waals surface area contributed by atoms with Crippen LogP contribution < -0.4 is 15.0 Å². The average molecular weight is 211 g/mol. The fraction of sp³-hybridized carbons (Fsp3) is 0.400. The number of phenolic OH excluding ortho intramolecular Hbond substituents is 1. The Kier molecular flexibility index (Phi) is 2.94. The molecule has 1 aliphatic heterocycles. The number of hydrogen-bond donors (Lipinski definition) is 2. The van der Waals surface area contributed by atoms with Crippen molar-refractivity contribution in [3.05, 3.63) is 17.7 Å². The standard InChI is InChI=1S/C10H13NO4/c1-13-11-6-7-4-8(12)5-9-10(7)15-3-2-14-9/h4-5,11-12H,2-3,6H2,1H3. The summed E-state index contributed by atoms with van der Waals surface area (Å²) in [6.07, 6.45) is 0. The highest BCUT2D eigenvalue weighted by Crippen LogP contribution is 2.37. The lowest BCUT2D eigenvalue weighted by molar-refractivity contribution is 0.0848. The number of fused-ring (bicyclic) bond motifs is 1. The van der Waals surface area contributed by atoms with Crippen molar-refractivity contribution in [2.75, 3.05) is 20.3 Å². The van der Waals surface area contributed by atoms with E-state index < -0.39 is 0 Å². The Morgan fingerprint density at radius 3 is 3.00 bits per heavy atom. The third-order valence-electron chi connectivity index (χ3n) is 2.11. The van der Waals surface area contributed by atoms with Gasteiger partial charge in [-0.05, 0) is 6.07 Å². The third kappa shape index (κ3) is 2.14. The molecule has 82 valence electrons. The van der Waals surface area contributed by atoms with E-state index >= 15 is 0 Å². The number of hydrogen-bond acceptors (Lipinski definition) is 5. The van der Waals surface area contributed by atoms with Gasteiger partial charge in [-0.3, -0.25) is 0 Å². The molecule has 2 N–H and O–H groups in total. The summed E-state index contributed by atoms with van der Waals surface area (Å²) < 4.78 is 10.8. The first-order valence-corrected chi connectivity index (χ1v) is 4.68. The lowest BCUT2D eigenvalue weighted by Gasteiger charge is -2.21. The first-order valence-electron chi connectivity index (χ1n) is 4.68. The topological polar surface area (TPSA) is 60.0 Å². The molecule has 0 fully saturated rings. The van der Waals surface area contributed by atoms with Gasteiger partial charge in [0.2, 0.25) is 0 Å². The molecule has 15 heavy (non-hydrogen) atoms. The number of phenols is 1. The minimum absolute atomic E-state index is 0.159. The Hall–Kier alpha value is -1.46. The zero-order valence-electron chi connectivity index (χ0n) is 8.45. The maximum Gasteiger partial charge on any atom is 0.166 e. The van der Waals surface area contributed by atoms with Gasteiger partial charge in [0.15, 0.2) is 11.5 Å². The molecule has 1 aromatic carbocycles. The molecule has 0 atom stereocenters. The van der Waals surface area contributed by atoms with Gasteiger partial charge in [0.1, 0.15) is 19.0 Å².